The number of anilines is 2. The summed E-state index contributed by atoms with van der Waals surface area (Å²) in [5.41, 5.74) is -2.26. The van der Waals surface area contributed by atoms with Crippen LogP contribution < -0.4 is 20.7 Å². The zero-order chi connectivity index (χ0) is 30.1. The van der Waals surface area contributed by atoms with Crippen LogP contribution in [-0.4, -0.2) is 70.2 Å². The van der Waals surface area contributed by atoms with Gasteiger partial charge in [0.1, 0.15) is 5.56 Å². The van der Waals surface area contributed by atoms with Crippen molar-refractivity contribution in [3.63, 3.8) is 0 Å². The topological polar surface area (TPSA) is 110 Å². The van der Waals surface area contributed by atoms with Crippen LogP contribution in [0.4, 0.5) is 38.0 Å². The first-order valence-electron chi connectivity index (χ1n) is 13.1. The minimum Gasteiger partial charge on any atom is -0.357 e. The molecule has 1 amide bonds. The number of fused-ring (bicyclic) bond motifs is 1. The van der Waals surface area contributed by atoms with Crippen LogP contribution in [0.2, 0.25) is 0 Å². The van der Waals surface area contributed by atoms with Crippen molar-refractivity contribution in [3.8, 4) is 0 Å². The van der Waals surface area contributed by atoms with Crippen LogP contribution in [0.3, 0.4) is 0 Å². The molecule has 16 heteroatoms. The Hall–Kier alpha value is -4.21. The number of carbonyl (C=O) groups excluding carboxylic acids is 1. The van der Waals surface area contributed by atoms with Crippen LogP contribution in [0.5, 0.6) is 0 Å². The molecule has 1 atom stereocenters. The van der Waals surface area contributed by atoms with E-state index in [2.05, 4.69) is 20.4 Å². The number of hydrogen-bond acceptors (Lipinski definition) is 8. The molecule has 2 N–H and O–H groups in total. The van der Waals surface area contributed by atoms with Gasteiger partial charge in [0.2, 0.25) is 11.9 Å². The van der Waals surface area contributed by atoms with E-state index in [1.54, 1.807) is 21.9 Å². The molecule has 1 unspecified atom stereocenters. The molecule has 0 bridgehead atoms. The second-order valence-electron chi connectivity index (χ2n) is 9.89. The second kappa shape index (κ2) is 11.6. The van der Waals surface area contributed by atoms with Crippen molar-refractivity contribution in [3.05, 3.63) is 75.5 Å². The normalized spacial score (nSPS) is 17.5. The maximum absolute atomic E-state index is 13.8. The van der Waals surface area contributed by atoms with Gasteiger partial charge in [0, 0.05) is 64.6 Å². The fourth-order valence-corrected chi connectivity index (χ4v) is 5.20. The van der Waals surface area contributed by atoms with Crippen molar-refractivity contribution in [1.29, 1.82) is 0 Å². The van der Waals surface area contributed by atoms with Crippen LogP contribution in [0.15, 0.2) is 47.7 Å². The van der Waals surface area contributed by atoms with Crippen LogP contribution in [0.1, 0.15) is 34.7 Å². The Bertz CT molecular complexity index is 1470. The molecule has 4 heterocycles. The summed E-state index contributed by atoms with van der Waals surface area (Å²) in [7, 11) is 0. The minimum atomic E-state index is -4.88. The van der Waals surface area contributed by atoms with Gasteiger partial charge in [-0.05, 0) is 11.1 Å². The lowest BCUT2D eigenvalue weighted by molar-refractivity contribution is -0.139. The van der Waals surface area contributed by atoms with E-state index in [-0.39, 0.29) is 43.6 Å². The highest BCUT2D eigenvalue weighted by Crippen LogP contribution is 2.41. The lowest BCUT2D eigenvalue weighted by Gasteiger charge is -2.35. The van der Waals surface area contributed by atoms with E-state index >= 15 is 0 Å². The Morgan fingerprint density at radius 2 is 1.67 bits per heavy atom. The average molecular weight is 597 g/mol. The molecule has 224 valence electrons. The van der Waals surface area contributed by atoms with E-state index in [4.69, 9.17) is 0 Å². The van der Waals surface area contributed by atoms with Crippen LogP contribution in [0, 0.1) is 0 Å². The van der Waals surface area contributed by atoms with E-state index in [0.29, 0.717) is 26.2 Å². The molecule has 42 heavy (non-hydrogen) atoms. The molecule has 2 aromatic heterocycles. The number of halogens is 6. The predicted molar refractivity (Wildman–Crippen MR) is 139 cm³/mol. The van der Waals surface area contributed by atoms with Gasteiger partial charge in [-0.2, -0.15) is 31.4 Å². The zero-order valence-corrected chi connectivity index (χ0v) is 22.0. The SMILES string of the molecule is O=C(CCNCC1c2ccccc2CN1c1cn[nH]c(=O)c1C(F)(F)F)N1CCN(c2ncc(C(F)(F)F)cn2)CC1. The van der Waals surface area contributed by atoms with Crippen molar-refractivity contribution in [2.45, 2.75) is 31.4 Å². The average Bonchev–Trinajstić information content (AvgIpc) is 3.32. The molecule has 1 saturated heterocycles. The number of hydrogen-bond donors (Lipinski definition) is 2. The molecular weight excluding hydrogens is 570 g/mol. The molecule has 10 nitrogen and oxygen atoms in total. The van der Waals surface area contributed by atoms with Gasteiger partial charge in [-0.15, -0.1) is 0 Å². The molecular formula is C26H26F6N8O2. The van der Waals surface area contributed by atoms with Crippen LogP contribution in [0.25, 0.3) is 0 Å². The first-order chi connectivity index (χ1) is 19.9. The third-order valence-corrected chi connectivity index (χ3v) is 7.29. The summed E-state index contributed by atoms with van der Waals surface area (Å²) in [6.45, 7) is 2.00. The Balaban J connectivity index is 1.17. The number of amides is 1. The fourth-order valence-electron chi connectivity index (χ4n) is 5.20. The van der Waals surface area contributed by atoms with E-state index in [1.165, 1.54) is 4.90 Å². The third kappa shape index (κ3) is 6.17. The maximum atomic E-state index is 13.8. The maximum Gasteiger partial charge on any atom is 0.423 e. The molecule has 3 aromatic rings. The van der Waals surface area contributed by atoms with E-state index in [1.807, 2.05) is 17.2 Å². The summed E-state index contributed by atoms with van der Waals surface area (Å²) in [5, 5.41) is 8.63. The molecule has 0 aliphatic carbocycles. The highest BCUT2D eigenvalue weighted by atomic mass is 19.4. The number of alkyl halides is 6. The predicted octanol–water partition coefficient (Wildman–Crippen LogP) is 2.99. The minimum absolute atomic E-state index is 0.130. The van der Waals surface area contributed by atoms with Crippen LogP contribution in [-0.2, 0) is 23.7 Å². The van der Waals surface area contributed by atoms with Gasteiger partial charge in [0.25, 0.3) is 5.56 Å². The summed E-state index contributed by atoms with van der Waals surface area (Å²) in [5.74, 6) is 0.0137. The Labute approximate surface area is 235 Å². The van der Waals surface area contributed by atoms with Crippen LogP contribution >= 0.6 is 0 Å². The summed E-state index contributed by atoms with van der Waals surface area (Å²) < 4.78 is 79.6. The lowest BCUT2D eigenvalue weighted by atomic mass is 10.0. The Morgan fingerprint density at radius 1 is 0.976 bits per heavy atom. The van der Waals surface area contributed by atoms with Gasteiger partial charge >= 0.3 is 12.4 Å². The van der Waals surface area contributed by atoms with Gasteiger partial charge < -0.3 is 20.0 Å². The number of H-pyrrole nitrogens is 1. The molecule has 0 radical (unpaired) electrons. The monoisotopic (exact) mass is 596 g/mol. The van der Waals surface area contributed by atoms with E-state index < -0.39 is 35.1 Å². The number of carbonyl (C=O) groups is 1. The summed E-state index contributed by atoms with van der Waals surface area (Å²) in [4.78, 5) is 37.3. The van der Waals surface area contributed by atoms with Crippen molar-refractivity contribution < 1.29 is 31.1 Å². The summed E-state index contributed by atoms with van der Waals surface area (Å²) in [6, 6.07) is 6.67. The number of piperazine rings is 1. The van der Waals surface area contributed by atoms with Crippen molar-refractivity contribution >= 4 is 17.5 Å². The van der Waals surface area contributed by atoms with E-state index in [0.717, 1.165) is 29.7 Å². The van der Waals surface area contributed by atoms with Gasteiger partial charge in [0.05, 0.1) is 23.5 Å². The van der Waals surface area contributed by atoms with Gasteiger partial charge in [-0.3, -0.25) is 9.59 Å². The third-order valence-electron chi connectivity index (χ3n) is 7.29. The summed E-state index contributed by atoms with van der Waals surface area (Å²) >= 11 is 0. The molecule has 2 aliphatic heterocycles. The highest BCUT2D eigenvalue weighted by Gasteiger charge is 2.41. The largest absolute Gasteiger partial charge is 0.423 e. The first kappa shape index (κ1) is 29.3. The summed E-state index contributed by atoms with van der Waals surface area (Å²) in [6.07, 6.45) is -6.82. The number of aromatic nitrogens is 4. The smallest absolute Gasteiger partial charge is 0.357 e. The number of nitrogens with one attached hydrogen (secondary N) is 2. The van der Waals surface area contributed by atoms with Gasteiger partial charge in [-0.1, -0.05) is 24.3 Å². The standard InChI is InChI=1S/C26H26F6N8O2/c27-25(28,29)17-11-34-24(35-12-17)39-9-7-38(8-10-39)21(41)5-6-33-13-19-18-4-2-1-3-16(18)15-40(19)20-14-36-37-23(42)22(20)26(30,31)32/h1-4,11-12,14,19,33H,5-10,13,15H2,(H,37,42). The lowest BCUT2D eigenvalue weighted by Crippen LogP contribution is -2.49. The second-order valence-corrected chi connectivity index (χ2v) is 9.89. The van der Waals surface area contributed by atoms with Crippen molar-refractivity contribution in [2.24, 2.45) is 0 Å². The van der Waals surface area contributed by atoms with Gasteiger partial charge in [-0.25, -0.2) is 15.1 Å². The molecule has 5 rings (SSSR count). The molecule has 1 fully saturated rings. The number of aromatic amines is 1. The molecule has 0 saturated carbocycles. The Kier molecular flexibility index (Phi) is 8.08. The fraction of sp³-hybridized carbons (Fsp3) is 0.423. The molecule has 0 spiro atoms. The number of benzene rings is 1. The Morgan fingerprint density at radius 3 is 2.33 bits per heavy atom. The van der Waals surface area contributed by atoms with Crippen molar-refractivity contribution in [1.82, 2.24) is 30.4 Å². The van der Waals surface area contributed by atoms with Gasteiger partial charge in [0.15, 0.2) is 0 Å². The molecule has 1 aromatic carbocycles. The number of nitrogens with zero attached hydrogens (tertiary/aromatic N) is 6. The van der Waals surface area contributed by atoms with E-state index in [9.17, 15) is 35.9 Å². The first-order valence-corrected chi connectivity index (χ1v) is 13.1. The highest BCUT2D eigenvalue weighted by molar-refractivity contribution is 5.76. The quantitative estimate of drug-likeness (QED) is 0.317. The zero-order valence-electron chi connectivity index (χ0n) is 22.0. The molecule has 2 aliphatic rings. The number of rotatable bonds is 7. The van der Waals surface area contributed by atoms with Crippen molar-refractivity contribution in [2.75, 3.05) is 49.1 Å².